The van der Waals surface area contributed by atoms with Gasteiger partial charge in [0.25, 0.3) is 0 Å². The van der Waals surface area contributed by atoms with Gasteiger partial charge in [-0.05, 0) is 30.9 Å². The van der Waals surface area contributed by atoms with Crippen molar-refractivity contribution in [2.24, 2.45) is 5.92 Å². The molecule has 1 fully saturated rings. The molecule has 7 heteroatoms. The predicted octanol–water partition coefficient (Wildman–Crippen LogP) is 3.56. The molecule has 2 unspecified atom stereocenters. The minimum atomic E-state index is -1.26. The number of esters is 1. The summed E-state index contributed by atoms with van der Waals surface area (Å²) >= 11 is 0. The summed E-state index contributed by atoms with van der Waals surface area (Å²) in [6.45, 7) is 9.61. The molecule has 1 aromatic carbocycles. The van der Waals surface area contributed by atoms with Crippen molar-refractivity contribution in [1.82, 2.24) is 4.90 Å². The van der Waals surface area contributed by atoms with E-state index in [1.165, 1.54) is 0 Å². The average Bonchev–Trinajstić information content (AvgIpc) is 2.74. The van der Waals surface area contributed by atoms with E-state index in [4.69, 9.17) is 14.9 Å². The van der Waals surface area contributed by atoms with E-state index in [0.29, 0.717) is 18.1 Å². The quantitative estimate of drug-likeness (QED) is 0.490. The lowest BCUT2D eigenvalue weighted by atomic mass is 9.85. The first kappa shape index (κ1) is 25.4. The summed E-state index contributed by atoms with van der Waals surface area (Å²) in [7, 11) is 0. The van der Waals surface area contributed by atoms with Crippen LogP contribution in [0.5, 0.6) is 0 Å². The van der Waals surface area contributed by atoms with Crippen LogP contribution in [0.15, 0.2) is 42.5 Å². The SMILES string of the molecule is CCC(C)C(C(=O)OC1CCN(CC)CC1)c1ccccc1.O=C(O)C=CC(=O)O. The molecule has 30 heavy (non-hydrogen) atoms. The highest BCUT2D eigenvalue weighted by atomic mass is 16.5. The monoisotopic (exact) mass is 419 g/mol. The fourth-order valence-electron chi connectivity index (χ4n) is 3.32. The van der Waals surface area contributed by atoms with Crippen LogP contribution >= 0.6 is 0 Å². The van der Waals surface area contributed by atoms with Crippen LogP contribution in [0.1, 0.15) is 51.5 Å². The van der Waals surface area contributed by atoms with Crippen molar-refractivity contribution in [2.75, 3.05) is 19.6 Å². The van der Waals surface area contributed by atoms with Crippen LogP contribution in [0.25, 0.3) is 0 Å². The van der Waals surface area contributed by atoms with Gasteiger partial charge in [0.1, 0.15) is 6.10 Å². The van der Waals surface area contributed by atoms with Crippen molar-refractivity contribution < 1.29 is 29.3 Å². The molecule has 0 spiro atoms. The summed E-state index contributed by atoms with van der Waals surface area (Å²) in [6, 6.07) is 10.1. The van der Waals surface area contributed by atoms with Gasteiger partial charge in [0, 0.05) is 25.2 Å². The van der Waals surface area contributed by atoms with E-state index in [-0.39, 0.29) is 18.0 Å². The van der Waals surface area contributed by atoms with E-state index < -0.39 is 11.9 Å². The van der Waals surface area contributed by atoms with E-state index in [9.17, 15) is 14.4 Å². The number of benzene rings is 1. The molecule has 1 aliphatic rings. The van der Waals surface area contributed by atoms with Crippen LogP contribution in [0.3, 0.4) is 0 Å². The highest BCUT2D eigenvalue weighted by Crippen LogP contribution is 2.29. The summed E-state index contributed by atoms with van der Waals surface area (Å²) in [5, 5.41) is 15.6. The van der Waals surface area contributed by atoms with E-state index in [0.717, 1.165) is 44.5 Å². The maximum Gasteiger partial charge on any atom is 0.328 e. The number of carboxylic acids is 2. The highest BCUT2D eigenvalue weighted by molar-refractivity contribution is 5.89. The fraction of sp³-hybridized carbons (Fsp3) is 0.522. The predicted molar refractivity (Wildman–Crippen MR) is 114 cm³/mol. The number of hydrogen-bond acceptors (Lipinski definition) is 5. The Balaban J connectivity index is 0.000000479. The molecule has 1 heterocycles. The maximum absolute atomic E-state index is 12.7. The number of piperidine rings is 1. The molecule has 0 aliphatic carbocycles. The Kier molecular flexibility index (Phi) is 11.4. The van der Waals surface area contributed by atoms with Gasteiger partial charge in [-0.15, -0.1) is 0 Å². The number of carbonyl (C=O) groups excluding carboxylic acids is 1. The Morgan fingerprint density at radius 3 is 2.03 bits per heavy atom. The Labute approximate surface area is 178 Å². The van der Waals surface area contributed by atoms with Crippen molar-refractivity contribution in [3.63, 3.8) is 0 Å². The molecule has 2 rings (SSSR count). The number of aliphatic carboxylic acids is 2. The summed E-state index contributed by atoms with van der Waals surface area (Å²) in [4.78, 5) is 34.2. The number of carboxylic acid groups (broad SMARTS) is 2. The second kappa shape index (κ2) is 13.5. The molecule has 2 atom stereocenters. The number of nitrogens with zero attached hydrogens (tertiary/aromatic N) is 1. The lowest BCUT2D eigenvalue weighted by Gasteiger charge is -2.32. The van der Waals surface area contributed by atoms with Gasteiger partial charge in [-0.1, -0.05) is 57.5 Å². The molecule has 7 nitrogen and oxygen atoms in total. The number of hydrogen-bond donors (Lipinski definition) is 2. The second-order valence-corrected chi connectivity index (χ2v) is 7.35. The van der Waals surface area contributed by atoms with Crippen LogP contribution in [0.2, 0.25) is 0 Å². The molecular weight excluding hydrogens is 386 g/mol. The van der Waals surface area contributed by atoms with Gasteiger partial charge in [0.15, 0.2) is 0 Å². The van der Waals surface area contributed by atoms with Gasteiger partial charge in [0.05, 0.1) is 5.92 Å². The molecule has 0 bridgehead atoms. The first-order valence-electron chi connectivity index (χ1n) is 10.4. The minimum absolute atomic E-state index is 0.0458. The van der Waals surface area contributed by atoms with Crippen LogP contribution in [-0.4, -0.2) is 58.8 Å². The van der Waals surface area contributed by atoms with Gasteiger partial charge in [-0.25, -0.2) is 9.59 Å². The number of ether oxygens (including phenoxy) is 1. The molecule has 1 saturated heterocycles. The van der Waals surface area contributed by atoms with Gasteiger partial charge >= 0.3 is 17.9 Å². The fourth-order valence-corrected chi connectivity index (χ4v) is 3.32. The van der Waals surface area contributed by atoms with Crippen LogP contribution in [0.4, 0.5) is 0 Å². The van der Waals surface area contributed by atoms with Crippen LogP contribution in [0, 0.1) is 5.92 Å². The first-order valence-corrected chi connectivity index (χ1v) is 10.4. The van der Waals surface area contributed by atoms with E-state index in [1.807, 2.05) is 30.3 Å². The van der Waals surface area contributed by atoms with Gasteiger partial charge in [0.2, 0.25) is 0 Å². The zero-order chi connectivity index (χ0) is 22.5. The normalized spacial score (nSPS) is 16.9. The van der Waals surface area contributed by atoms with E-state index in [2.05, 4.69) is 25.7 Å². The summed E-state index contributed by atoms with van der Waals surface area (Å²) in [5.74, 6) is -2.41. The molecule has 0 amide bonds. The Morgan fingerprint density at radius 2 is 1.60 bits per heavy atom. The van der Waals surface area contributed by atoms with Crippen LogP contribution in [-0.2, 0) is 19.1 Å². The molecule has 0 saturated carbocycles. The topological polar surface area (TPSA) is 104 Å². The summed E-state index contributed by atoms with van der Waals surface area (Å²) in [5.41, 5.74) is 1.08. The van der Waals surface area contributed by atoms with Crippen molar-refractivity contribution in [1.29, 1.82) is 0 Å². The highest BCUT2D eigenvalue weighted by Gasteiger charge is 2.30. The number of likely N-dealkylation sites (tertiary alicyclic amines) is 1. The molecule has 0 radical (unpaired) electrons. The third-order valence-electron chi connectivity index (χ3n) is 5.26. The minimum Gasteiger partial charge on any atom is -0.478 e. The largest absolute Gasteiger partial charge is 0.478 e. The van der Waals surface area contributed by atoms with Gasteiger partial charge in [-0.2, -0.15) is 0 Å². The van der Waals surface area contributed by atoms with Crippen molar-refractivity contribution >= 4 is 17.9 Å². The summed E-state index contributed by atoms with van der Waals surface area (Å²) in [6.07, 6.45) is 4.10. The molecule has 0 aromatic heterocycles. The molecule has 1 aliphatic heterocycles. The van der Waals surface area contributed by atoms with Crippen molar-refractivity contribution in [3.05, 3.63) is 48.0 Å². The van der Waals surface area contributed by atoms with E-state index >= 15 is 0 Å². The lowest BCUT2D eigenvalue weighted by Crippen LogP contribution is -2.38. The van der Waals surface area contributed by atoms with Gasteiger partial charge in [-0.3, -0.25) is 4.79 Å². The van der Waals surface area contributed by atoms with Crippen molar-refractivity contribution in [3.8, 4) is 0 Å². The molecule has 2 N–H and O–H groups in total. The second-order valence-electron chi connectivity index (χ2n) is 7.35. The number of carbonyl (C=O) groups is 3. The Bertz CT molecular complexity index is 679. The van der Waals surface area contributed by atoms with E-state index in [1.54, 1.807) is 0 Å². The zero-order valence-corrected chi connectivity index (χ0v) is 18.0. The Morgan fingerprint density at radius 1 is 1.07 bits per heavy atom. The van der Waals surface area contributed by atoms with Crippen molar-refractivity contribution in [2.45, 2.75) is 52.1 Å². The number of rotatable bonds is 8. The molecular formula is C23H33NO6. The average molecular weight is 420 g/mol. The standard InChI is InChI=1S/C19H29NO2.C4H4O4/c1-4-15(3)18(16-9-7-6-8-10-16)19(21)22-17-11-13-20(5-2)14-12-17;5-3(6)1-2-4(7)8/h6-10,15,17-18H,4-5,11-14H2,1-3H3;1-2H,(H,5,6)(H,7,8). The third-order valence-corrected chi connectivity index (χ3v) is 5.26. The molecule has 1 aromatic rings. The maximum atomic E-state index is 12.7. The molecule has 166 valence electrons. The van der Waals surface area contributed by atoms with Gasteiger partial charge < -0.3 is 19.8 Å². The Hall–Kier alpha value is -2.67. The third kappa shape index (κ3) is 9.22. The first-order chi connectivity index (χ1) is 14.3. The smallest absolute Gasteiger partial charge is 0.328 e. The zero-order valence-electron chi connectivity index (χ0n) is 18.0. The summed E-state index contributed by atoms with van der Waals surface area (Å²) < 4.78 is 5.86. The van der Waals surface area contributed by atoms with Crippen LogP contribution < -0.4 is 0 Å². The lowest BCUT2D eigenvalue weighted by molar-refractivity contribution is -0.154.